The van der Waals surface area contributed by atoms with E-state index in [1.54, 1.807) is 7.11 Å². The molecular weight excluding hydrogens is 406 g/mol. The standard InChI is InChI=1S/C22H24ClN3O2S/c1-25(2)16-10-11-26(13-16)15-6-4-14(5-7-15)24-22(27)21-20(23)18-9-8-17(28-3)12-19(18)29-21/h4-9,12,16H,10-11,13H2,1-3H3,(H,24,27). The number of benzene rings is 2. The van der Waals surface area contributed by atoms with Crippen LogP contribution in [0.3, 0.4) is 0 Å². The molecular formula is C22H24ClN3O2S. The molecule has 5 nitrogen and oxygen atoms in total. The first-order valence-electron chi connectivity index (χ1n) is 9.55. The van der Waals surface area contributed by atoms with Crippen LogP contribution in [0.5, 0.6) is 5.75 Å². The number of amides is 1. The Morgan fingerprint density at radius 3 is 2.66 bits per heavy atom. The summed E-state index contributed by atoms with van der Waals surface area (Å²) in [7, 11) is 5.88. The van der Waals surface area contributed by atoms with Crippen LogP contribution in [-0.4, -0.2) is 51.1 Å². The molecule has 1 aliphatic rings. The van der Waals surface area contributed by atoms with E-state index in [2.05, 4.69) is 41.3 Å². The van der Waals surface area contributed by atoms with E-state index in [9.17, 15) is 4.79 Å². The van der Waals surface area contributed by atoms with E-state index < -0.39 is 0 Å². The van der Waals surface area contributed by atoms with Crippen molar-refractivity contribution in [1.82, 2.24) is 4.90 Å². The van der Waals surface area contributed by atoms with E-state index in [0.29, 0.717) is 15.9 Å². The van der Waals surface area contributed by atoms with Gasteiger partial charge in [-0.3, -0.25) is 4.79 Å². The molecule has 3 aromatic rings. The van der Waals surface area contributed by atoms with Gasteiger partial charge in [-0.05, 0) is 63.0 Å². The van der Waals surface area contributed by atoms with E-state index in [1.165, 1.54) is 23.4 Å². The number of carbonyl (C=O) groups excluding carboxylic acids is 1. The lowest BCUT2D eigenvalue weighted by atomic mass is 10.2. The lowest BCUT2D eigenvalue weighted by molar-refractivity contribution is 0.103. The molecule has 1 amide bonds. The van der Waals surface area contributed by atoms with Gasteiger partial charge in [0, 0.05) is 40.6 Å². The molecule has 0 spiro atoms. The minimum Gasteiger partial charge on any atom is -0.497 e. The van der Waals surface area contributed by atoms with E-state index >= 15 is 0 Å². The van der Waals surface area contributed by atoms with Crippen LogP contribution < -0.4 is 15.0 Å². The van der Waals surface area contributed by atoms with Crippen LogP contribution in [0.4, 0.5) is 11.4 Å². The smallest absolute Gasteiger partial charge is 0.267 e. The van der Waals surface area contributed by atoms with Gasteiger partial charge in [0.15, 0.2) is 0 Å². The average Bonchev–Trinajstić information content (AvgIpc) is 3.34. The second-order valence-electron chi connectivity index (χ2n) is 7.46. The van der Waals surface area contributed by atoms with Gasteiger partial charge in [0.2, 0.25) is 0 Å². The number of thiophene rings is 1. The number of halogens is 1. The monoisotopic (exact) mass is 429 g/mol. The quantitative estimate of drug-likeness (QED) is 0.622. The number of hydrogen-bond donors (Lipinski definition) is 1. The number of hydrogen-bond acceptors (Lipinski definition) is 5. The highest BCUT2D eigenvalue weighted by Gasteiger charge is 2.24. The second kappa shape index (κ2) is 8.22. The van der Waals surface area contributed by atoms with Gasteiger partial charge < -0.3 is 19.9 Å². The Labute approximate surface area is 179 Å². The highest BCUT2D eigenvalue weighted by atomic mass is 35.5. The molecule has 152 valence electrons. The molecule has 2 heterocycles. The molecule has 0 saturated carbocycles. The molecule has 1 aliphatic heterocycles. The molecule has 1 fully saturated rings. The van der Waals surface area contributed by atoms with Crippen molar-refractivity contribution in [1.29, 1.82) is 0 Å². The van der Waals surface area contributed by atoms with Crippen molar-refractivity contribution in [2.24, 2.45) is 0 Å². The summed E-state index contributed by atoms with van der Waals surface area (Å²) in [6, 6.07) is 14.2. The maximum absolute atomic E-state index is 12.8. The van der Waals surface area contributed by atoms with Gasteiger partial charge >= 0.3 is 0 Å². The van der Waals surface area contributed by atoms with E-state index in [1.807, 2.05) is 30.3 Å². The van der Waals surface area contributed by atoms with Crippen molar-refractivity contribution in [3.8, 4) is 5.75 Å². The van der Waals surface area contributed by atoms with Crippen molar-refractivity contribution in [3.63, 3.8) is 0 Å². The number of likely N-dealkylation sites (N-methyl/N-ethyl adjacent to an activating group) is 1. The first kappa shape index (κ1) is 20.0. The third kappa shape index (κ3) is 4.06. The normalized spacial score (nSPS) is 16.6. The average molecular weight is 430 g/mol. The molecule has 7 heteroatoms. The van der Waals surface area contributed by atoms with Crippen LogP contribution in [0.15, 0.2) is 42.5 Å². The SMILES string of the molecule is COc1ccc2c(Cl)c(C(=O)Nc3ccc(N4CCC(N(C)C)C4)cc3)sc2c1. The van der Waals surface area contributed by atoms with Gasteiger partial charge in [-0.1, -0.05) is 11.6 Å². The zero-order valence-electron chi connectivity index (χ0n) is 16.7. The van der Waals surface area contributed by atoms with Gasteiger partial charge in [-0.25, -0.2) is 0 Å². The zero-order chi connectivity index (χ0) is 20.5. The molecule has 2 aromatic carbocycles. The van der Waals surface area contributed by atoms with E-state index in [4.69, 9.17) is 16.3 Å². The van der Waals surface area contributed by atoms with Gasteiger partial charge in [-0.2, -0.15) is 0 Å². The summed E-state index contributed by atoms with van der Waals surface area (Å²) in [6.45, 7) is 2.08. The van der Waals surface area contributed by atoms with Crippen molar-refractivity contribution in [2.75, 3.05) is 44.5 Å². The van der Waals surface area contributed by atoms with Crippen molar-refractivity contribution < 1.29 is 9.53 Å². The third-order valence-corrected chi connectivity index (χ3v) is 7.08. The Bertz CT molecular complexity index is 1030. The highest BCUT2D eigenvalue weighted by Crippen LogP contribution is 2.37. The Balaban J connectivity index is 1.47. The number of nitrogens with zero attached hydrogens (tertiary/aromatic N) is 2. The Hall–Kier alpha value is -2.28. The molecule has 1 aromatic heterocycles. The molecule has 0 aliphatic carbocycles. The lowest BCUT2D eigenvalue weighted by Crippen LogP contribution is -2.31. The maximum Gasteiger partial charge on any atom is 0.267 e. The number of methoxy groups -OCH3 is 1. The molecule has 4 rings (SSSR count). The summed E-state index contributed by atoms with van der Waals surface area (Å²) in [5.74, 6) is 0.549. The molecule has 1 unspecified atom stereocenters. The largest absolute Gasteiger partial charge is 0.497 e. The van der Waals surface area contributed by atoms with Gasteiger partial charge in [0.1, 0.15) is 10.6 Å². The van der Waals surface area contributed by atoms with Gasteiger partial charge in [0.25, 0.3) is 5.91 Å². The first-order valence-corrected chi connectivity index (χ1v) is 10.7. The second-order valence-corrected chi connectivity index (χ2v) is 8.89. The number of anilines is 2. The molecule has 1 atom stereocenters. The van der Waals surface area contributed by atoms with E-state index in [-0.39, 0.29) is 5.91 Å². The number of ether oxygens (including phenoxy) is 1. The summed E-state index contributed by atoms with van der Waals surface area (Å²) in [5, 5.41) is 4.31. The third-order valence-electron chi connectivity index (χ3n) is 5.43. The lowest BCUT2D eigenvalue weighted by Gasteiger charge is -2.22. The molecule has 29 heavy (non-hydrogen) atoms. The predicted molar refractivity (Wildman–Crippen MR) is 122 cm³/mol. The van der Waals surface area contributed by atoms with Crippen molar-refractivity contribution >= 4 is 50.3 Å². The molecule has 1 saturated heterocycles. The van der Waals surface area contributed by atoms with Crippen LogP contribution >= 0.6 is 22.9 Å². The summed E-state index contributed by atoms with van der Waals surface area (Å²) in [5.41, 5.74) is 1.94. The summed E-state index contributed by atoms with van der Waals surface area (Å²) >= 11 is 7.83. The minimum atomic E-state index is -0.197. The van der Waals surface area contributed by atoms with Crippen LogP contribution in [-0.2, 0) is 0 Å². The van der Waals surface area contributed by atoms with Crippen molar-refractivity contribution in [2.45, 2.75) is 12.5 Å². The van der Waals surface area contributed by atoms with Crippen LogP contribution in [0.1, 0.15) is 16.1 Å². The van der Waals surface area contributed by atoms with Crippen LogP contribution in [0.25, 0.3) is 10.1 Å². The summed E-state index contributed by atoms with van der Waals surface area (Å²) in [4.78, 5) is 18.0. The Morgan fingerprint density at radius 1 is 1.24 bits per heavy atom. The highest BCUT2D eigenvalue weighted by molar-refractivity contribution is 7.21. The Kier molecular flexibility index (Phi) is 5.67. The van der Waals surface area contributed by atoms with E-state index in [0.717, 1.165) is 34.6 Å². The Morgan fingerprint density at radius 2 is 2.00 bits per heavy atom. The first-order chi connectivity index (χ1) is 14.0. The number of nitrogens with one attached hydrogen (secondary N) is 1. The summed E-state index contributed by atoms with van der Waals surface area (Å²) in [6.07, 6.45) is 1.17. The molecule has 1 N–H and O–H groups in total. The summed E-state index contributed by atoms with van der Waals surface area (Å²) < 4.78 is 6.19. The number of carbonyl (C=O) groups is 1. The zero-order valence-corrected chi connectivity index (χ0v) is 18.3. The fraction of sp³-hybridized carbons (Fsp3) is 0.318. The number of rotatable bonds is 5. The molecule has 0 radical (unpaired) electrons. The maximum atomic E-state index is 12.8. The van der Waals surface area contributed by atoms with Gasteiger partial charge in [0.05, 0.1) is 12.1 Å². The fourth-order valence-electron chi connectivity index (χ4n) is 3.66. The molecule has 0 bridgehead atoms. The topological polar surface area (TPSA) is 44.8 Å². The van der Waals surface area contributed by atoms with Crippen molar-refractivity contribution in [3.05, 3.63) is 52.4 Å². The predicted octanol–water partition coefficient (Wildman–Crippen LogP) is 4.96. The van der Waals surface area contributed by atoms with Gasteiger partial charge in [-0.15, -0.1) is 11.3 Å². The fourth-order valence-corrected chi connectivity index (χ4v) is 5.10. The number of fused-ring (bicyclic) bond motifs is 1. The van der Waals surface area contributed by atoms with Crippen LogP contribution in [0, 0.1) is 0 Å². The van der Waals surface area contributed by atoms with Crippen LogP contribution in [0.2, 0.25) is 5.02 Å². The minimum absolute atomic E-state index is 0.197.